The molecule has 19 heavy (non-hydrogen) atoms. The number of nitriles is 1. The van der Waals surface area contributed by atoms with E-state index in [0.717, 1.165) is 25.1 Å². The molecule has 104 valence electrons. The van der Waals surface area contributed by atoms with Crippen LogP contribution in [0.3, 0.4) is 0 Å². The largest absolute Gasteiger partial charge is 0.296 e. The molecule has 0 saturated carbocycles. The zero-order valence-corrected chi connectivity index (χ0v) is 12.9. The van der Waals surface area contributed by atoms with Crippen LogP contribution in [0.5, 0.6) is 0 Å². The highest BCUT2D eigenvalue weighted by atomic mass is 35.5. The second-order valence-corrected chi connectivity index (χ2v) is 5.41. The van der Waals surface area contributed by atoms with Crippen LogP contribution in [0.1, 0.15) is 51.2 Å². The summed E-state index contributed by atoms with van der Waals surface area (Å²) in [5.74, 6) is 0. The number of halogens is 1. The van der Waals surface area contributed by atoms with Crippen LogP contribution < -0.4 is 0 Å². The van der Waals surface area contributed by atoms with E-state index in [9.17, 15) is 0 Å². The molecule has 0 aliphatic heterocycles. The maximum absolute atomic E-state index is 8.86. The Morgan fingerprint density at radius 3 is 2.63 bits per heavy atom. The van der Waals surface area contributed by atoms with Gasteiger partial charge in [0.2, 0.25) is 0 Å². The van der Waals surface area contributed by atoms with Crippen molar-refractivity contribution < 1.29 is 0 Å². The minimum Gasteiger partial charge on any atom is -0.296 e. The molecule has 0 N–H and O–H groups in total. The lowest BCUT2D eigenvalue weighted by atomic mass is 10.1. The molecule has 1 unspecified atom stereocenters. The average Bonchev–Trinajstić information content (AvgIpc) is 2.43. The highest BCUT2D eigenvalue weighted by Crippen LogP contribution is 2.21. The van der Waals surface area contributed by atoms with Gasteiger partial charge >= 0.3 is 0 Å². The monoisotopic (exact) mass is 278 g/mol. The predicted molar refractivity (Wildman–Crippen MR) is 81.2 cm³/mol. The second kappa shape index (κ2) is 8.19. The summed E-state index contributed by atoms with van der Waals surface area (Å²) in [4.78, 5) is 2.47. The topological polar surface area (TPSA) is 27.0 Å². The lowest BCUT2D eigenvalue weighted by Gasteiger charge is -2.28. The first-order chi connectivity index (χ1) is 9.12. The summed E-state index contributed by atoms with van der Waals surface area (Å²) < 4.78 is 0. The summed E-state index contributed by atoms with van der Waals surface area (Å²) in [7, 11) is 0. The van der Waals surface area contributed by atoms with Crippen molar-refractivity contribution in [2.75, 3.05) is 6.54 Å². The van der Waals surface area contributed by atoms with Crippen LogP contribution in [-0.4, -0.2) is 17.5 Å². The van der Waals surface area contributed by atoms with Crippen molar-refractivity contribution in [1.82, 2.24) is 4.90 Å². The van der Waals surface area contributed by atoms with Crippen LogP contribution in [-0.2, 0) is 6.54 Å². The Balaban J connectivity index is 2.81. The van der Waals surface area contributed by atoms with Gasteiger partial charge in [0, 0.05) is 17.6 Å². The van der Waals surface area contributed by atoms with Crippen molar-refractivity contribution in [3.8, 4) is 6.07 Å². The molecular formula is C16H23ClN2. The van der Waals surface area contributed by atoms with E-state index in [1.165, 1.54) is 12.8 Å². The molecule has 0 fully saturated rings. The van der Waals surface area contributed by atoms with Gasteiger partial charge < -0.3 is 0 Å². The van der Waals surface area contributed by atoms with Crippen molar-refractivity contribution in [2.45, 2.75) is 52.6 Å². The van der Waals surface area contributed by atoms with E-state index in [0.29, 0.717) is 16.6 Å². The van der Waals surface area contributed by atoms with Gasteiger partial charge in [-0.15, -0.1) is 0 Å². The highest BCUT2D eigenvalue weighted by Gasteiger charge is 2.13. The Hall–Kier alpha value is -1.04. The maximum Gasteiger partial charge on any atom is 0.0992 e. The first kappa shape index (κ1) is 16.0. The fourth-order valence-electron chi connectivity index (χ4n) is 2.04. The molecule has 0 saturated heterocycles. The van der Waals surface area contributed by atoms with Gasteiger partial charge in [0.15, 0.2) is 0 Å². The van der Waals surface area contributed by atoms with Gasteiger partial charge in [-0.2, -0.15) is 5.26 Å². The first-order valence-electron chi connectivity index (χ1n) is 7.04. The minimum atomic E-state index is 0.554. The lowest BCUT2D eigenvalue weighted by Crippen LogP contribution is -2.33. The standard InChI is InChI=1S/C16H23ClN2/c1-4-6-9-19(13(3)5-2)12-15-8-7-14(11-18)10-16(15)17/h7-8,10,13H,4-6,9,12H2,1-3H3. The van der Waals surface area contributed by atoms with Gasteiger partial charge in [-0.05, 0) is 44.0 Å². The first-order valence-corrected chi connectivity index (χ1v) is 7.42. The molecule has 0 aliphatic rings. The maximum atomic E-state index is 8.86. The van der Waals surface area contributed by atoms with E-state index in [1.54, 1.807) is 6.07 Å². The number of hydrogen-bond acceptors (Lipinski definition) is 2. The van der Waals surface area contributed by atoms with Gasteiger partial charge in [-0.25, -0.2) is 0 Å². The molecule has 0 heterocycles. The van der Waals surface area contributed by atoms with Crippen molar-refractivity contribution in [1.29, 1.82) is 5.26 Å². The van der Waals surface area contributed by atoms with E-state index >= 15 is 0 Å². The van der Waals surface area contributed by atoms with Crippen LogP contribution in [0, 0.1) is 11.3 Å². The van der Waals surface area contributed by atoms with Gasteiger partial charge in [0.1, 0.15) is 0 Å². The molecule has 1 aromatic carbocycles. The summed E-state index contributed by atoms with van der Waals surface area (Å²) in [5.41, 5.74) is 1.73. The number of nitrogens with zero attached hydrogens (tertiary/aromatic N) is 2. The van der Waals surface area contributed by atoms with Crippen LogP contribution in [0.2, 0.25) is 5.02 Å². The third-order valence-electron chi connectivity index (χ3n) is 3.57. The molecular weight excluding hydrogens is 256 g/mol. The Morgan fingerprint density at radius 2 is 2.11 bits per heavy atom. The van der Waals surface area contributed by atoms with E-state index in [4.69, 9.17) is 16.9 Å². The summed E-state index contributed by atoms with van der Waals surface area (Å²) in [6.45, 7) is 8.64. The number of hydrogen-bond donors (Lipinski definition) is 0. The Kier molecular flexibility index (Phi) is 6.91. The Bertz CT molecular complexity index is 437. The smallest absolute Gasteiger partial charge is 0.0992 e. The molecule has 2 nitrogen and oxygen atoms in total. The summed E-state index contributed by atoms with van der Waals surface area (Å²) in [6, 6.07) is 8.25. The molecule has 0 radical (unpaired) electrons. The lowest BCUT2D eigenvalue weighted by molar-refractivity contribution is 0.192. The van der Waals surface area contributed by atoms with Gasteiger partial charge in [-0.1, -0.05) is 37.9 Å². The molecule has 0 aliphatic carbocycles. The van der Waals surface area contributed by atoms with Crippen molar-refractivity contribution in [2.24, 2.45) is 0 Å². The predicted octanol–water partition coefficient (Wildman–Crippen LogP) is 4.61. The highest BCUT2D eigenvalue weighted by molar-refractivity contribution is 6.31. The molecule has 1 atom stereocenters. The number of unbranched alkanes of at least 4 members (excludes halogenated alkanes) is 1. The van der Waals surface area contributed by atoms with E-state index < -0.39 is 0 Å². The molecule has 0 amide bonds. The SMILES string of the molecule is CCCCN(Cc1ccc(C#N)cc1Cl)C(C)CC. The molecule has 3 heteroatoms. The summed E-state index contributed by atoms with van der Waals surface area (Å²) >= 11 is 6.26. The van der Waals surface area contributed by atoms with Crippen LogP contribution >= 0.6 is 11.6 Å². The van der Waals surface area contributed by atoms with Crippen molar-refractivity contribution >= 4 is 11.6 Å². The molecule has 0 spiro atoms. The Labute approximate surface area is 122 Å². The number of rotatable bonds is 7. The molecule has 0 bridgehead atoms. The second-order valence-electron chi connectivity index (χ2n) is 5.00. The fourth-order valence-corrected chi connectivity index (χ4v) is 2.28. The van der Waals surface area contributed by atoms with Crippen LogP contribution in [0.15, 0.2) is 18.2 Å². The van der Waals surface area contributed by atoms with Crippen molar-refractivity contribution in [3.63, 3.8) is 0 Å². The quantitative estimate of drug-likeness (QED) is 0.728. The third-order valence-corrected chi connectivity index (χ3v) is 3.92. The zero-order chi connectivity index (χ0) is 14.3. The molecule has 0 aromatic heterocycles. The van der Waals surface area contributed by atoms with Gasteiger partial charge in [0.25, 0.3) is 0 Å². The van der Waals surface area contributed by atoms with Crippen molar-refractivity contribution in [3.05, 3.63) is 34.3 Å². The van der Waals surface area contributed by atoms with Crippen LogP contribution in [0.25, 0.3) is 0 Å². The molecule has 1 aromatic rings. The Morgan fingerprint density at radius 1 is 1.37 bits per heavy atom. The van der Waals surface area contributed by atoms with Crippen LogP contribution in [0.4, 0.5) is 0 Å². The summed E-state index contributed by atoms with van der Waals surface area (Å²) in [6.07, 6.45) is 3.55. The van der Waals surface area contributed by atoms with E-state index in [-0.39, 0.29) is 0 Å². The fraction of sp³-hybridized carbons (Fsp3) is 0.562. The van der Waals surface area contributed by atoms with Gasteiger partial charge in [0.05, 0.1) is 11.6 Å². The molecule has 1 rings (SSSR count). The number of benzene rings is 1. The summed E-state index contributed by atoms with van der Waals surface area (Å²) in [5, 5.41) is 9.56. The zero-order valence-electron chi connectivity index (χ0n) is 12.1. The van der Waals surface area contributed by atoms with Gasteiger partial charge in [-0.3, -0.25) is 4.90 Å². The normalized spacial score (nSPS) is 12.4. The minimum absolute atomic E-state index is 0.554. The third kappa shape index (κ3) is 4.86. The van der Waals surface area contributed by atoms with E-state index in [1.807, 2.05) is 12.1 Å². The van der Waals surface area contributed by atoms with E-state index in [2.05, 4.69) is 31.7 Å². The average molecular weight is 279 g/mol.